The molecule has 2 aromatic rings. The minimum Gasteiger partial charge on any atom is -0.382 e. The summed E-state index contributed by atoms with van der Waals surface area (Å²) in [4.78, 5) is 13.1. The van der Waals surface area contributed by atoms with Gasteiger partial charge in [-0.1, -0.05) is 12.1 Å². The molecule has 0 fully saturated rings. The number of carbonyl (C=O) groups excluding carboxylic acids is 1. The second kappa shape index (κ2) is 6.10. The quantitative estimate of drug-likeness (QED) is 0.748. The Morgan fingerprint density at radius 2 is 1.83 bits per heavy atom. The van der Waals surface area contributed by atoms with Crippen molar-refractivity contribution in [2.45, 2.75) is 12.1 Å². The van der Waals surface area contributed by atoms with Crippen LogP contribution in [-0.4, -0.2) is 23.7 Å². The number of primary amides is 1. The van der Waals surface area contributed by atoms with Crippen LogP contribution in [0.1, 0.15) is 15.8 Å². The molecule has 2 heterocycles. The highest BCUT2D eigenvalue weighted by Crippen LogP contribution is 2.28. The Morgan fingerprint density at radius 1 is 1.28 bits per heavy atom. The van der Waals surface area contributed by atoms with Crippen LogP contribution < -0.4 is 11.1 Å². The third kappa shape index (κ3) is 3.17. The van der Waals surface area contributed by atoms with Crippen molar-refractivity contribution in [1.29, 1.82) is 0 Å². The van der Waals surface area contributed by atoms with E-state index >= 15 is 0 Å². The van der Waals surface area contributed by atoms with E-state index in [1.165, 1.54) is 0 Å². The number of hydrogen-bond acceptors (Lipinski definition) is 5. The standard InChI is InChI=1S/C12H14N2O2S2/c13-12(16)8(15)7-14-11(9-3-1-5-17-9)10-4-2-6-18-10/h1-6,8,11,14-15H,7H2,(H2,13,16). The van der Waals surface area contributed by atoms with Gasteiger partial charge in [0.15, 0.2) is 0 Å². The number of rotatable bonds is 6. The lowest BCUT2D eigenvalue weighted by molar-refractivity contribution is -0.125. The third-order valence-electron chi connectivity index (χ3n) is 2.50. The number of thiophene rings is 2. The maximum Gasteiger partial charge on any atom is 0.247 e. The highest BCUT2D eigenvalue weighted by atomic mass is 32.1. The highest BCUT2D eigenvalue weighted by molar-refractivity contribution is 7.11. The molecule has 18 heavy (non-hydrogen) atoms. The number of aliphatic hydroxyl groups excluding tert-OH is 1. The molecule has 1 unspecified atom stereocenters. The van der Waals surface area contributed by atoms with E-state index in [9.17, 15) is 9.90 Å². The molecule has 0 aliphatic heterocycles. The van der Waals surface area contributed by atoms with Gasteiger partial charge in [-0.15, -0.1) is 22.7 Å². The zero-order valence-electron chi connectivity index (χ0n) is 9.58. The first-order valence-electron chi connectivity index (χ1n) is 5.46. The fourth-order valence-corrected chi connectivity index (χ4v) is 3.29. The molecule has 6 heteroatoms. The van der Waals surface area contributed by atoms with Crippen LogP contribution in [0.5, 0.6) is 0 Å². The van der Waals surface area contributed by atoms with Gasteiger partial charge in [0.1, 0.15) is 6.10 Å². The molecular formula is C12H14N2O2S2. The van der Waals surface area contributed by atoms with E-state index in [0.29, 0.717) is 0 Å². The minimum atomic E-state index is -1.16. The number of nitrogens with two attached hydrogens (primary N) is 1. The smallest absolute Gasteiger partial charge is 0.247 e. The predicted octanol–water partition coefficient (Wildman–Crippen LogP) is 1.33. The van der Waals surface area contributed by atoms with Crippen molar-refractivity contribution in [1.82, 2.24) is 5.32 Å². The van der Waals surface area contributed by atoms with Crippen LogP contribution in [0.25, 0.3) is 0 Å². The van der Waals surface area contributed by atoms with E-state index in [-0.39, 0.29) is 12.6 Å². The number of hydrogen-bond donors (Lipinski definition) is 3. The number of nitrogens with one attached hydrogen (secondary N) is 1. The van der Waals surface area contributed by atoms with E-state index in [1.807, 2.05) is 35.0 Å². The summed E-state index contributed by atoms with van der Waals surface area (Å²) in [5.41, 5.74) is 5.04. The van der Waals surface area contributed by atoms with Gasteiger partial charge in [0.05, 0.1) is 6.04 Å². The largest absolute Gasteiger partial charge is 0.382 e. The van der Waals surface area contributed by atoms with Gasteiger partial charge in [-0.2, -0.15) is 0 Å². The topological polar surface area (TPSA) is 75.4 Å². The lowest BCUT2D eigenvalue weighted by Gasteiger charge is -2.17. The van der Waals surface area contributed by atoms with Crippen molar-refractivity contribution in [3.63, 3.8) is 0 Å². The van der Waals surface area contributed by atoms with Gasteiger partial charge in [-0.25, -0.2) is 0 Å². The summed E-state index contributed by atoms with van der Waals surface area (Å²) in [5.74, 6) is -0.710. The molecule has 96 valence electrons. The summed E-state index contributed by atoms with van der Waals surface area (Å²) in [5, 5.41) is 16.6. The maximum absolute atomic E-state index is 10.8. The average molecular weight is 282 g/mol. The van der Waals surface area contributed by atoms with E-state index < -0.39 is 12.0 Å². The molecular weight excluding hydrogens is 268 g/mol. The van der Waals surface area contributed by atoms with E-state index in [1.54, 1.807) is 22.7 Å². The number of aliphatic hydroxyl groups is 1. The Labute approximate surface area is 113 Å². The van der Waals surface area contributed by atoms with E-state index in [0.717, 1.165) is 9.75 Å². The molecule has 4 N–H and O–H groups in total. The molecule has 1 atom stereocenters. The maximum atomic E-state index is 10.8. The van der Waals surface area contributed by atoms with Crippen molar-refractivity contribution >= 4 is 28.6 Å². The summed E-state index contributed by atoms with van der Waals surface area (Å²) in [7, 11) is 0. The van der Waals surface area contributed by atoms with Crippen LogP contribution in [0.15, 0.2) is 35.0 Å². The molecule has 0 radical (unpaired) electrons. The molecule has 0 saturated heterocycles. The number of amides is 1. The monoisotopic (exact) mass is 282 g/mol. The Morgan fingerprint density at radius 3 is 2.22 bits per heavy atom. The van der Waals surface area contributed by atoms with Gasteiger partial charge in [0.25, 0.3) is 0 Å². The molecule has 0 aliphatic carbocycles. The zero-order valence-corrected chi connectivity index (χ0v) is 11.2. The summed E-state index contributed by atoms with van der Waals surface area (Å²) < 4.78 is 0. The van der Waals surface area contributed by atoms with Crippen molar-refractivity contribution < 1.29 is 9.90 Å². The first-order chi connectivity index (χ1) is 8.68. The van der Waals surface area contributed by atoms with E-state index in [4.69, 9.17) is 5.73 Å². The molecule has 4 nitrogen and oxygen atoms in total. The highest BCUT2D eigenvalue weighted by Gasteiger charge is 2.18. The Bertz CT molecular complexity index is 448. The molecule has 0 bridgehead atoms. The predicted molar refractivity (Wildman–Crippen MR) is 73.7 cm³/mol. The van der Waals surface area contributed by atoms with Gasteiger partial charge in [-0.3, -0.25) is 4.79 Å². The second-order valence-corrected chi connectivity index (χ2v) is 5.75. The summed E-state index contributed by atoms with van der Waals surface area (Å²) in [6.45, 7) is 0.149. The van der Waals surface area contributed by atoms with Crippen LogP contribution in [-0.2, 0) is 4.79 Å². The van der Waals surface area contributed by atoms with Crippen LogP contribution in [0.2, 0.25) is 0 Å². The minimum absolute atomic E-state index is 0.000926. The Balaban J connectivity index is 2.09. The SMILES string of the molecule is NC(=O)C(O)CNC(c1cccs1)c1cccs1. The lowest BCUT2D eigenvalue weighted by atomic mass is 10.2. The van der Waals surface area contributed by atoms with Crippen LogP contribution in [0.3, 0.4) is 0 Å². The van der Waals surface area contributed by atoms with Gasteiger partial charge in [0.2, 0.25) is 5.91 Å². The molecule has 0 aromatic carbocycles. The second-order valence-electron chi connectivity index (χ2n) is 3.79. The van der Waals surface area contributed by atoms with E-state index in [2.05, 4.69) is 5.32 Å². The first-order valence-corrected chi connectivity index (χ1v) is 7.22. The summed E-state index contributed by atoms with van der Waals surface area (Å²) in [6.07, 6.45) is -1.16. The molecule has 0 aliphatic rings. The van der Waals surface area contributed by atoms with Crippen LogP contribution >= 0.6 is 22.7 Å². The zero-order chi connectivity index (χ0) is 13.0. The number of carbonyl (C=O) groups is 1. The molecule has 2 rings (SSSR count). The Kier molecular flexibility index (Phi) is 4.48. The fraction of sp³-hybridized carbons (Fsp3) is 0.250. The summed E-state index contributed by atoms with van der Waals surface area (Å²) >= 11 is 3.27. The molecule has 0 saturated carbocycles. The van der Waals surface area contributed by atoms with Crippen molar-refractivity contribution in [2.24, 2.45) is 5.73 Å². The fourth-order valence-electron chi connectivity index (χ4n) is 1.58. The van der Waals surface area contributed by atoms with Gasteiger partial charge in [-0.05, 0) is 22.9 Å². The lowest BCUT2D eigenvalue weighted by Crippen LogP contribution is -2.39. The van der Waals surface area contributed by atoms with Crippen molar-refractivity contribution in [3.05, 3.63) is 44.8 Å². The normalized spacial score (nSPS) is 12.8. The molecule has 0 spiro atoms. The molecule has 1 amide bonds. The van der Waals surface area contributed by atoms with Crippen molar-refractivity contribution in [2.75, 3.05) is 6.54 Å². The van der Waals surface area contributed by atoms with Crippen LogP contribution in [0.4, 0.5) is 0 Å². The average Bonchev–Trinajstić information content (AvgIpc) is 3.01. The van der Waals surface area contributed by atoms with Gasteiger partial charge >= 0.3 is 0 Å². The van der Waals surface area contributed by atoms with Crippen molar-refractivity contribution in [3.8, 4) is 0 Å². The third-order valence-corrected chi connectivity index (χ3v) is 4.37. The molecule has 2 aromatic heterocycles. The Hall–Kier alpha value is -1.21. The van der Waals surface area contributed by atoms with Crippen LogP contribution in [0, 0.1) is 0 Å². The summed E-state index contributed by atoms with van der Waals surface area (Å²) in [6, 6.07) is 8.01. The van der Waals surface area contributed by atoms with Gasteiger partial charge in [0, 0.05) is 16.3 Å². The van der Waals surface area contributed by atoms with Gasteiger partial charge < -0.3 is 16.2 Å². The first kappa shape index (κ1) is 13.2.